The summed E-state index contributed by atoms with van der Waals surface area (Å²) in [4.78, 5) is 12.0. The van der Waals surface area contributed by atoms with E-state index in [1.54, 1.807) is 18.4 Å². The second-order valence-corrected chi connectivity index (χ2v) is 6.02. The van der Waals surface area contributed by atoms with Crippen LogP contribution in [0.1, 0.15) is 44.5 Å². The minimum Gasteiger partial charge on any atom is -0.467 e. The van der Waals surface area contributed by atoms with Gasteiger partial charge in [-0.15, -0.1) is 0 Å². The summed E-state index contributed by atoms with van der Waals surface area (Å²) in [5, 5.41) is 13.0. The van der Waals surface area contributed by atoms with E-state index in [2.05, 4.69) is 5.32 Å². The van der Waals surface area contributed by atoms with E-state index < -0.39 is 6.10 Å². The van der Waals surface area contributed by atoms with Crippen LogP contribution < -0.4 is 5.32 Å². The predicted molar refractivity (Wildman–Crippen MR) is 70.2 cm³/mol. The number of rotatable bonds is 6. The number of furan rings is 1. The van der Waals surface area contributed by atoms with Crippen molar-refractivity contribution in [2.75, 3.05) is 0 Å². The van der Waals surface area contributed by atoms with Gasteiger partial charge in [-0.1, -0.05) is 0 Å². The number of hydrogen-bond donors (Lipinski definition) is 2. The standard InChI is InChI=1S/C15H21NO3/c1-9(7-13(17)14-3-2-6-19-14)16-15(18)12-8-11(12)10-4-5-10/h2-3,6,9-13,17H,4-5,7-8H2,1H3,(H,16,18). The molecule has 4 nitrogen and oxygen atoms in total. The van der Waals surface area contributed by atoms with Crippen molar-refractivity contribution in [3.05, 3.63) is 24.2 Å². The molecular formula is C15H21NO3. The maximum Gasteiger partial charge on any atom is 0.223 e. The molecule has 104 valence electrons. The maximum absolute atomic E-state index is 12.0. The summed E-state index contributed by atoms with van der Waals surface area (Å²) in [6.07, 6.45) is 5.06. The van der Waals surface area contributed by atoms with Crippen molar-refractivity contribution in [1.29, 1.82) is 0 Å². The summed E-state index contributed by atoms with van der Waals surface area (Å²) >= 11 is 0. The number of nitrogens with one attached hydrogen (secondary N) is 1. The molecule has 2 aliphatic rings. The van der Waals surface area contributed by atoms with E-state index in [0.29, 0.717) is 18.1 Å². The molecule has 2 fully saturated rings. The Labute approximate surface area is 113 Å². The normalized spacial score (nSPS) is 28.7. The second-order valence-electron chi connectivity index (χ2n) is 6.02. The van der Waals surface area contributed by atoms with Gasteiger partial charge in [-0.2, -0.15) is 0 Å². The molecule has 1 heterocycles. The Morgan fingerprint density at radius 3 is 3.00 bits per heavy atom. The Morgan fingerprint density at radius 1 is 1.58 bits per heavy atom. The average molecular weight is 263 g/mol. The van der Waals surface area contributed by atoms with Crippen molar-refractivity contribution in [3.63, 3.8) is 0 Å². The lowest BCUT2D eigenvalue weighted by Crippen LogP contribution is -2.35. The number of carbonyl (C=O) groups is 1. The third-order valence-corrected chi connectivity index (χ3v) is 4.24. The van der Waals surface area contributed by atoms with E-state index in [1.807, 2.05) is 6.92 Å². The molecule has 0 aliphatic heterocycles. The van der Waals surface area contributed by atoms with Gasteiger partial charge >= 0.3 is 0 Å². The van der Waals surface area contributed by atoms with Gasteiger partial charge in [0.2, 0.25) is 5.91 Å². The molecule has 1 aromatic rings. The lowest BCUT2D eigenvalue weighted by molar-refractivity contribution is -0.123. The third kappa shape index (κ3) is 3.00. The summed E-state index contributed by atoms with van der Waals surface area (Å²) in [5.41, 5.74) is 0. The quantitative estimate of drug-likeness (QED) is 0.827. The van der Waals surface area contributed by atoms with Gasteiger partial charge in [0.1, 0.15) is 11.9 Å². The number of aliphatic hydroxyl groups is 1. The van der Waals surface area contributed by atoms with Gasteiger partial charge in [-0.25, -0.2) is 0 Å². The zero-order valence-electron chi connectivity index (χ0n) is 11.2. The van der Waals surface area contributed by atoms with Crippen LogP contribution in [0.3, 0.4) is 0 Å². The van der Waals surface area contributed by atoms with Crippen LogP contribution in [0.2, 0.25) is 0 Å². The molecule has 4 heteroatoms. The molecular weight excluding hydrogens is 242 g/mol. The van der Waals surface area contributed by atoms with E-state index in [9.17, 15) is 9.90 Å². The van der Waals surface area contributed by atoms with Crippen LogP contribution >= 0.6 is 0 Å². The van der Waals surface area contributed by atoms with Gasteiger partial charge in [0.25, 0.3) is 0 Å². The van der Waals surface area contributed by atoms with Crippen LogP contribution in [-0.4, -0.2) is 17.1 Å². The molecule has 4 atom stereocenters. The van der Waals surface area contributed by atoms with E-state index in [4.69, 9.17) is 4.42 Å². The molecule has 0 bridgehead atoms. The zero-order valence-corrected chi connectivity index (χ0v) is 11.2. The summed E-state index contributed by atoms with van der Waals surface area (Å²) in [6.45, 7) is 1.93. The minimum atomic E-state index is -0.649. The predicted octanol–water partition coefficient (Wildman–Crippen LogP) is 2.25. The molecule has 0 radical (unpaired) electrons. The highest BCUT2D eigenvalue weighted by atomic mass is 16.4. The smallest absolute Gasteiger partial charge is 0.223 e. The van der Waals surface area contributed by atoms with E-state index in [1.165, 1.54) is 12.8 Å². The summed E-state index contributed by atoms with van der Waals surface area (Å²) < 4.78 is 5.16. The van der Waals surface area contributed by atoms with Crippen molar-refractivity contribution in [2.24, 2.45) is 17.8 Å². The van der Waals surface area contributed by atoms with Crippen LogP contribution in [-0.2, 0) is 4.79 Å². The largest absolute Gasteiger partial charge is 0.467 e. The van der Waals surface area contributed by atoms with Gasteiger partial charge in [-0.05, 0) is 50.2 Å². The second kappa shape index (κ2) is 5.00. The molecule has 19 heavy (non-hydrogen) atoms. The molecule has 3 rings (SSSR count). The highest BCUT2D eigenvalue weighted by Crippen LogP contribution is 2.54. The van der Waals surface area contributed by atoms with Crippen molar-refractivity contribution in [1.82, 2.24) is 5.32 Å². The Kier molecular flexibility index (Phi) is 3.35. The van der Waals surface area contributed by atoms with E-state index >= 15 is 0 Å². The summed E-state index contributed by atoms with van der Waals surface area (Å²) in [6, 6.07) is 3.48. The first kappa shape index (κ1) is 12.7. The third-order valence-electron chi connectivity index (χ3n) is 4.24. The Balaban J connectivity index is 1.43. The Hall–Kier alpha value is -1.29. The van der Waals surface area contributed by atoms with Crippen molar-refractivity contribution in [2.45, 2.75) is 44.8 Å². The maximum atomic E-state index is 12.0. The van der Waals surface area contributed by atoms with Gasteiger partial charge in [0.15, 0.2) is 0 Å². The highest BCUT2D eigenvalue weighted by molar-refractivity contribution is 5.81. The van der Waals surface area contributed by atoms with Crippen molar-refractivity contribution in [3.8, 4) is 0 Å². The first-order valence-electron chi connectivity index (χ1n) is 7.17. The molecule has 2 aliphatic carbocycles. The van der Waals surface area contributed by atoms with Crippen molar-refractivity contribution < 1.29 is 14.3 Å². The highest BCUT2D eigenvalue weighted by Gasteiger charge is 2.51. The molecule has 2 N–H and O–H groups in total. The summed E-state index contributed by atoms with van der Waals surface area (Å²) in [5.74, 6) is 2.41. The number of carbonyl (C=O) groups excluding carboxylic acids is 1. The van der Waals surface area contributed by atoms with Crippen LogP contribution in [0.25, 0.3) is 0 Å². The topological polar surface area (TPSA) is 62.5 Å². The fourth-order valence-corrected chi connectivity index (χ4v) is 2.90. The van der Waals surface area contributed by atoms with E-state index in [0.717, 1.165) is 12.3 Å². The van der Waals surface area contributed by atoms with Crippen LogP contribution in [0.4, 0.5) is 0 Å². The van der Waals surface area contributed by atoms with Gasteiger partial charge in [-0.3, -0.25) is 4.79 Å². The minimum absolute atomic E-state index is 0.0342. The number of aliphatic hydroxyl groups excluding tert-OH is 1. The Bertz CT molecular complexity index is 438. The number of hydrogen-bond acceptors (Lipinski definition) is 3. The number of amides is 1. The van der Waals surface area contributed by atoms with Gasteiger partial charge < -0.3 is 14.8 Å². The van der Waals surface area contributed by atoms with Crippen LogP contribution in [0.15, 0.2) is 22.8 Å². The molecule has 0 aromatic carbocycles. The molecule has 0 saturated heterocycles. The molecule has 1 amide bonds. The molecule has 2 saturated carbocycles. The van der Waals surface area contributed by atoms with Gasteiger partial charge in [0.05, 0.1) is 6.26 Å². The van der Waals surface area contributed by atoms with Crippen LogP contribution in [0.5, 0.6) is 0 Å². The van der Waals surface area contributed by atoms with E-state index in [-0.39, 0.29) is 17.9 Å². The SMILES string of the molecule is CC(CC(O)c1ccco1)NC(=O)C1CC1C1CC1. The first-order chi connectivity index (χ1) is 9.15. The molecule has 4 unspecified atom stereocenters. The monoisotopic (exact) mass is 263 g/mol. The molecule has 0 spiro atoms. The van der Waals surface area contributed by atoms with Crippen molar-refractivity contribution >= 4 is 5.91 Å². The summed E-state index contributed by atoms with van der Waals surface area (Å²) in [7, 11) is 0. The zero-order chi connectivity index (χ0) is 13.4. The Morgan fingerprint density at radius 2 is 2.37 bits per heavy atom. The average Bonchev–Trinajstić information content (AvgIpc) is 3.25. The lowest BCUT2D eigenvalue weighted by Gasteiger charge is -2.16. The first-order valence-corrected chi connectivity index (χ1v) is 7.17. The van der Waals surface area contributed by atoms with Crippen LogP contribution in [0, 0.1) is 17.8 Å². The molecule has 1 aromatic heterocycles. The van der Waals surface area contributed by atoms with Gasteiger partial charge in [0, 0.05) is 18.4 Å². The lowest BCUT2D eigenvalue weighted by atomic mass is 10.1. The fourth-order valence-electron chi connectivity index (χ4n) is 2.90. The fraction of sp³-hybridized carbons (Fsp3) is 0.667.